The zero-order valence-corrected chi connectivity index (χ0v) is 16.1. The maximum atomic E-state index is 12.3. The number of carbonyl (C=O) groups is 1. The first-order valence-corrected chi connectivity index (χ1v) is 9.73. The molecule has 140 valence electrons. The fourth-order valence-electron chi connectivity index (χ4n) is 4.13. The smallest absolute Gasteiger partial charge is 0.227 e. The third-order valence-corrected chi connectivity index (χ3v) is 5.41. The molecule has 0 aromatic carbocycles. The van der Waals surface area contributed by atoms with Gasteiger partial charge in [-0.05, 0) is 63.0 Å². The first-order valence-electron chi connectivity index (χ1n) is 9.73. The van der Waals surface area contributed by atoms with Crippen LogP contribution in [-0.4, -0.2) is 29.9 Å². The summed E-state index contributed by atoms with van der Waals surface area (Å²) in [4.78, 5) is 14.8. The van der Waals surface area contributed by atoms with Gasteiger partial charge in [0.1, 0.15) is 0 Å². The molecular weight excluding hydrogens is 310 g/mol. The molecular formula is C21H35N3O. The summed E-state index contributed by atoms with van der Waals surface area (Å²) < 4.78 is 0. The number of nitrogens with zero attached hydrogens (tertiary/aromatic N) is 1. The van der Waals surface area contributed by atoms with E-state index in [0.29, 0.717) is 17.5 Å². The highest BCUT2D eigenvalue weighted by Gasteiger charge is 2.25. The second-order valence-electron chi connectivity index (χ2n) is 8.02. The Morgan fingerprint density at radius 3 is 2.28 bits per heavy atom. The van der Waals surface area contributed by atoms with Gasteiger partial charge in [-0.25, -0.2) is 0 Å². The molecule has 2 atom stereocenters. The summed E-state index contributed by atoms with van der Waals surface area (Å²) in [7, 11) is 0. The van der Waals surface area contributed by atoms with Crippen LogP contribution in [0.4, 0.5) is 0 Å². The number of hydrogen-bond donors (Lipinski definition) is 2. The van der Waals surface area contributed by atoms with Gasteiger partial charge in [0, 0.05) is 36.4 Å². The molecule has 0 radical (unpaired) electrons. The summed E-state index contributed by atoms with van der Waals surface area (Å²) in [6.07, 6.45) is 11.1. The van der Waals surface area contributed by atoms with Gasteiger partial charge in [-0.1, -0.05) is 26.5 Å². The summed E-state index contributed by atoms with van der Waals surface area (Å²) in [5, 5.41) is 2.96. The number of nitrogens with one attached hydrogen (secondary N) is 1. The molecule has 0 aromatic heterocycles. The normalized spacial score (nSPS) is 31.2. The van der Waals surface area contributed by atoms with E-state index < -0.39 is 0 Å². The molecule has 0 aromatic rings. The van der Waals surface area contributed by atoms with Crippen LogP contribution in [-0.2, 0) is 4.79 Å². The van der Waals surface area contributed by atoms with E-state index in [0.717, 1.165) is 38.8 Å². The van der Waals surface area contributed by atoms with Crippen molar-refractivity contribution in [3.8, 4) is 0 Å². The predicted molar refractivity (Wildman–Crippen MR) is 105 cm³/mol. The van der Waals surface area contributed by atoms with Gasteiger partial charge in [-0.2, -0.15) is 0 Å². The molecule has 2 rings (SSSR count). The van der Waals surface area contributed by atoms with Crippen LogP contribution >= 0.6 is 0 Å². The molecule has 2 fully saturated rings. The number of rotatable bonds is 5. The van der Waals surface area contributed by atoms with Crippen molar-refractivity contribution >= 4 is 5.91 Å². The van der Waals surface area contributed by atoms with Gasteiger partial charge in [-0.3, -0.25) is 4.79 Å². The van der Waals surface area contributed by atoms with Crippen molar-refractivity contribution in [1.29, 1.82) is 0 Å². The Hall–Kier alpha value is -1.55. The topological polar surface area (TPSA) is 58.4 Å². The molecule has 4 heteroatoms. The fourth-order valence-corrected chi connectivity index (χ4v) is 4.13. The summed E-state index contributed by atoms with van der Waals surface area (Å²) in [5.41, 5.74) is 7.78. The molecule has 1 aliphatic carbocycles. The Bertz CT molecular complexity index is 519. The van der Waals surface area contributed by atoms with Crippen molar-refractivity contribution in [3.05, 3.63) is 36.2 Å². The van der Waals surface area contributed by atoms with Crippen molar-refractivity contribution < 1.29 is 4.79 Å². The minimum absolute atomic E-state index is 0.0786. The zero-order chi connectivity index (χ0) is 18.4. The Morgan fingerprint density at radius 1 is 1.12 bits per heavy atom. The van der Waals surface area contributed by atoms with Crippen molar-refractivity contribution in [2.75, 3.05) is 13.1 Å². The third-order valence-electron chi connectivity index (χ3n) is 5.41. The highest BCUT2D eigenvalue weighted by molar-refractivity contribution is 5.80. The highest BCUT2D eigenvalue weighted by atomic mass is 16.1. The van der Waals surface area contributed by atoms with Crippen molar-refractivity contribution in [2.24, 2.45) is 23.5 Å². The number of amides is 1. The number of allylic oxidation sites excluding steroid dienone is 3. The molecule has 0 bridgehead atoms. The monoisotopic (exact) mass is 345 g/mol. The summed E-state index contributed by atoms with van der Waals surface area (Å²) in [5.74, 6) is 1.60. The lowest BCUT2D eigenvalue weighted by Crippen LogP contribution is -2.37. The van der Waals surface area contributed by atoms with E-state index >= 15 is 0 Å². The lowest BCUT2D eigenvalue weighted by Gasteiger charge is -2.37. The van der Waals surface area contributed by atoms with E-state index in [1.807, 2.05) is 6.08 Å². The van der Waals surface area contributed by atoms with E-state index in [2.05, 4.69) is 49.7 Å². The SMILES string of the molecule is C=C(/C=C\C(=C/C)N1CC(C)C[C@@H](C)C1)NC(=O)C1CCC(N)CC1. The predicted octanol–water partition coefficient (Wildman–Crippen LogP) is 3.57. The molecule has 1 saturated heterocycles. The largest absolute Gasteiger partial charge is 0.371 e. The van der Waals surface area contributed by atoms with E-state index in [4.69, 9.17) is 5.73 Å². The lowest BCUT2D eigenvalue weighted by atomic mass is 9.86. The van der Waals surface area contributed by atoms with Gasteiger partial charge in [0.2, 0.25) is 5.91 Å². The lowest BCUT2D eigenvalue weighted by molar-refractivity contribution is -0.125. The zero-order valence-electron chi connectivity index (χ0n) is 16.1. The van der Waals surface area contributed by atoms with Crippen LogP contribution in [0.5, 0.6) is 0 Å². The Kier molecular flexibility index (Phi) is 7.30. The van der Waals surface area contributed by atoms with Gasteiger partial charge in [0.05, 0.1) is 0 Å². The van der Waals surface area contributed by atoms with Gasteiger partial charge >= 0.3 is 0 Å². The van der Waals surface area contributed by atoms with E-state index in [1.165, 1.54) is 12.1 Å². The summed E-state index contributed by atoms with van der Waals surface area (Å²) in [6.45, 7) is 12.9. The molecule has 25 heavy (non-hydrogen) atoms. The minimum Gasteiger partial charge on any atom is -0.371 e. The molecule has 1 aliphatic heterocycles. The van der Waals surface area contributed by atoms with Gasteiger partial charge < -0.3 is 16.0 Å². The fraction of sp³-hybridized carbons (Fsp3) is 0.667. The van der Waals surface area contributed by atoms with Crippen LogP contribution in [0.15, 0.2) is 36.2 Å². The molecule has 1 heterocycles. The molecule has 0 spiro atoms. The number of carbonyl (C=O) groups excluding carboxylic acids is 1. The highest BCUT2D eigenvalue weighted by Crippen LogP contribution is 2.25. The standard InChI is InChI=1S/C21H35N3O/c1-5-20(24-13-15(2)12-16(3)14-24)11-6-17(4)23-21(25)18-7-9-19(22)10-8-18/h5-6,11,15-16,18-19H,4,7-10,12-14,22H2,1-3H3,(H,23,25)/b11-6-,20-5+/t15-,16?,18?,19?/m1/s1. The number of hydrogen-bond acceptors (Lipinski definition) is 3. The Balaban J connectivity index is 1.86. The molecule has 1 unspecified atom stereocenters. The molecule has 3 N–H and O–H groups in total. The minimum atomic E-state index is 0.0786. The summed E-state index contributed by atoms with van der Waals surface area (Å²) >= 11 is 0. The Labute approximate surface area is 153 Å². The van der Waals surface area contributed by atoms with Crippen molar-refractivity contribution in [2.45, 2.75) is 58.9 Å². The maximum absolute atomic E-state index is 12.3. The second kappa shape index (κ2) is 9.23. The van der Waals surface area contributed by atoms with Crippen molar-refractivity contribution in [1.82, 2.24) is 10.2 Å². The van der Waals surface area contributed by atoms with Crippen LogP contribution in [0.3, 0.4) is 0 Å². The second-order valence-corrected chi connectivity index (χ2v) is 8.02. The number of piperidine rings is 1. The first kappa shape index (κ1) is 19.8. The molecule has 1 saturated carbocycles. The van der Waals surface area contributed by atoms with Gasteiger partial charge in [-0.15, -0.1) is 0 Å². The molecule has 4 nitrogen and oxygen atoms in total. The van der Waals surface area contributed by atoms with Gasteiger partial charge in [0.25, 0.3) is 0 Å². The Morgan fingerprint density at radius 2 is 1.72 bits per heavy atom. The first-order chi connectivity index (χ1) is 11.9. The molecule has 2 aliphatic rings. The number of likely N-dealkylation sites (tertiary alicyclic amines) is 1. The van der Waals surface area contributed by atoms with E-state index in [-0.39, 0.29) is 17.9 Å². The van der Waals surface area contributed by atoms with E-state index in [1.54, 1.807) is 0 Å². The average Bonchev–Trinajstić information content (AvgIpc) is 2.55. The van der Waals surface area contributed by atoms with Crippen LogP contribution in [0.1, 0.15) is 52.9 Å². The van der Waals surface area contributed by atoms with Crippen molar-refractivity contribution in [3.63, 3.8) is 0 Å². The van der Waals surface area contributed by atoms with Crippen LogP contribution in [0.25, 0.3) is 0 Å². The van der Waals surface area contributed by atoms with Crippen LogP contribution < -0.4 is 11.1 Å². The average molecular weight is 346 g/mol. The van der Waals surface area contributed by atoms with E-state index in [9.17, 15) is 4.79 Å². The maximum Gasteiger partial charge on any atom is 0.227 e. The quantitative estimate of drug-likeness (QED) is 0.749. The van der Waals surface area contributed by atoms with Crippen LogP contribution in [0.2, 0.25) is 0 Å². The summed E-state index contributed by atoms with van der Waals surface area (Å²) in [6, 6.07) is 0.263. The third kappa shape index (κ3) is 6.03. The van der Waals surface area contributed by atoms with Crippen LogP contribution in [0, 0.1) is 17.8 Å². The number of nitrogens with two attached hydrogens (primary N) is 1. The van der Waals surface area contributed by atoms with Gasteiger partial charge in [0.15, 0.2) is 0 Å². The molecule has 1 amide bonds.